The predicted octanol–water partition coefficient (Wildman–Crippen LogP) is 1.93. The highest BCUT2D eigenvalue weighted by Crippen LogP contribution is 2.53. The van der Waals surface area contributed by atoms with Crippen LogP contribution in [0.25, 0.3) is 0 Å². The van der Waals surface area contributed by atoms with Crippen molar-refractivity contribution in [3.63, 3.8) is 0 Å². The van der Waals surface area contributed by atoms with Crippen LogP contribution >= 0.6 is 0 Å². The number of terminal acetylenes is 1. The number of nitrogens with zero attached hydrogens (tertiary/aromatic N) is 2. The van der Waals surface area contributed by atoms with Crippen LogP contribution in [-0.4, -0.2) is 21.4 Å². The summed E-state index contributed by atoms with van der Waals surface area (Å²) in [6, 6.07) is 0. The fourth-order valence-corrected chi connectivity index (χ4v) is 3.58. The SMILES string of the molecule is C#CC12CCCC(NC(=O)c3cnccn3)(CC1)C2. The van der Waals surface area contributed by atoms with Crippen LogP contribution in [0, 0.1) is 17.8 Å². The van der Waals surface area contributed by atoms with Crippen LogP contribution in [0.2, 0.25) is 0 Å². The molecule has 2 aliphatic rings. The topological polar surface area (TPSA) is 54.9 Å². The molecule has 4 heteroatoms. The van der Waals surface area contributed by atoms with E-state index in [0.717, 1.165) is 38.5 Å². The van der Waals surface area contributed by atoms with Gasteiger partial charge in [-0.05, 0) is 38.5 Å². The van der Waals surface area contributed by atoms with Gasteiger partial charge in [-0.25, -0.2) is 4.98 Å². The van der Waals surface area contributed by atoms with Crippen LogP contribution < -0.4 is 5.32 Å². The number of hydrogen-bond donors (Lipinski definition) is 1. The molecule has 2 atom stereocenters. The first-order valence-electron chi connectivity index (χ1n) is 6.73. The molecule has 2 bridgehead atoms. The van der Waals surface area contributed by atoms with Gasteiger partial charge in [0.25, 0.3) is 5.91 Å². The van der Waals surface area contributed by atoms with E-state index in [1.165, 1.54) is 12.4 Å². The minimum atomic E-state index is -0.136. The first kappa shape index (κ1) is 12.2. The van der Waals surface area contributed by atoms with Crippen molar-refractivity contribution in [2.24, 2.45) is 5.41 Å². The first-order valence-corrected chi connectivity index (χ1v) is 6.73. The molecule has 1 amide bonds. The van der Waals surface area contributed by atoms with Crippen molar-refractivity contribution in [2.45, 2.75) is 44.1 Å². The molecule has 2 unspecified atom stereocenters. The maximum absolute atomic E-state index is 12.2. The summed E-state index contributed by atoms with van der Waals surface area (Å²) >= 11 is 0. The number of carbonyl (C=O) groups is 1. The van der Waals surface area contributed by atoms with E-state index in [4.69, 9.17) is 6.42 Å². The Balaban J connectivity index is 1.77. The Kier molecular flexibility index (Phi) is 2.78. The molecule has 2 fully saturated rings. The highest BCUT2D eigenvalue weighted by atomic mass is 16.2. The third-order valence-corrected chi connectivity index (χ3v) is 4.55. The van der Waals surface area contributed by atoms with E-state index >= 15 is 0 Å². The lowest BCUT2D eigenvalue weighted by Crippen LogP contribution is -2.49. The second kappa shape index (κ2) is 4.34. The number of rotatable bonds is 2. The Morgan fingerprint density at radius 2 is 2.21 bits per heavy atom. The number of nitrogens with one attached hydrogen (secondary N) is 1. The van der Waals surface area contributed by atoms with Gasteiger partial charge < -0.3 is 5.32 Å². The van der Waals surface area contributed by atoms with Gasteiger partial charge in [-0.15, -0.1) is 6.42 Å². The van der Waals surface area contributed by atoms with E-state index in [9.17, 15) is 4.79 Å². The Bertz CT molecular complexity index is 536. The summed E-state index contributed by atoms with van der Waals surface area (Å²) in [6.45, 7) is 0. The molecule has 0 aliphatic heterocycles. The van der Waals surface area contributed by atoms with Crippen LogP contribution in [0.4, 0.5) is 0 Å². The molecule has 3 rings (SSSR count). The average Bonchev–Trinajstić information content (AvgIpc) is 2.71. The first-order chi connectivity index (χ1) is 9.17. The van der Waals surface area contributed by atoms with Crippen molar-refractivity contribution in [3.05, 3.63) is 24.3 Å². The molecule has 4 nitrogen and oxygen atoms in total. The monoisotopic (exact) mass is 255 g/mol. The maximum Gasteiger partial charge on any atom is 0.271 e. The second-order valence-corrected chi connectivity index (χ2v) is 5.78. The van der Waals surface area contributed by atoms with Crippen molar-refractivity contribution in [2.75, 3.05) is 0 Å². The highest BCUT2D eigenvalue weighted by Gasteiger charge is 2.50. The molecular weight excluding hydrogens is 238 g/mol. The quantitative estimate of drug-likeness (QED) is 0.822. The van der Waals surface area contributed by atoms with Crippen LogP contribution in [0.3, 0.4) is 0 Å². The Morgan fingerprint density at radius 3 is 2.95 bits per heavy atom. The summed E-state index contributed by atoms with van der Waals surface area (Å²) in [5, 5.41) is 3.16. The van der Waals surface area contributed by atoms with E-state index in [0.29, 0.717) is 5.69 Å². The summed E-state index contributed by atoms with van der Waals surface area (Å²) in [4.78, 5) is 20.2. The normalized spacial score (nSPS) is 32.6. The summed E-state index contributed by atoms with van der Waals surface area (Å²) in [5.74, 6) is 2.83. The van der Waals surface area contributed by atoms with Gasteiger partial charge in [-0.2, -0.15) is 0 Å². The summed E-state index contributed by atoms with van der Waals surface area (Å²) in [7, 11) is 0. The van der Waals surface area contributed by atoms with E-state index in [-0.39, 0.29) is 16.9 Å². The van der Waals surface area contributed by atoms with E-state index in [2.05, 4.69) is 21.2 Å². The smallest absolute Gasteiger partial charge is 0.271 e. The molecule has 0 spiro atoms. The molecule has 0 saturated heterocycles. The van der Waals surface area contributed by atoms with Gasteiger partial charge in [0.1, 0.15) is 5.69 Å². The van der Waals surface area contributed by atoms with Gasteiger partial charge >= 0.3 is 0 Å². The third-order valence-electron chi connectivity index (χ3n) is 4.55. The molecular formula is C15H17N3O. The summed E-state index contributed by atoms with van der Waals surface area (Å²) < 4.78 is 0. The van der Waals surface area contributed by atoms with E-state index < -0.39 is 0 Å². The van der Waals surface area contributed by atoms with Gasteiger partial charge in [0, 0.05) is 23.3 Å². The lowest BCUT2D eigenvalue weighted by molar-refractivity contribution is 0.0866. The fourth-order valence-electron chi connectivity index (χ4n) is 3.58. The number of carbonyl (C=O) groups excluding carboxylic acids is 1. The standard InChI is InChI=1S/C15H17N3O/c1-2-14-4-3-5-15(11-14,7-6-14)18-13(19)12-10-16-8-9-17-12/h1,8-10H,3-7,11H2,(H,18,19). The Morgan fingerprint density at radius 1 is 1.32 bits per heavy atom. The van der Waals surface area contributed by atoms with Crippen molar-refractivity contribution < 1.29 is 4.79 Å². The van der Waals surface area contributed by atoms with Crippen LogP contribution in [0.5, 0.6) is 0 Å². The van der Waals surface area contributed by atoms with Gasteiger partial charge in [0.2, 0.25) is 0 Å². The molecule has 98 valence electrons. The molecule has 1 aromatic rings. The number of fused-ring (bicyclic) bond motifs is 2. The largest absolute Gasteiger partial charge is 0.345 e. The Hall–Kier alpha value is -1.89. The Labute approximate surface area is 113 Å². The molecule has 19 heavy (non-hydrogen) atoms. The molecule has 1 N–H and O–H groups in total. The number of hydrogen-bond acceptors (Lipinski definition) is 3. The lowest BCUT2D eigenvalue weighted by Gasteiger charge is -2.37. The molecule has 2 aliphatic carbocycles. The predicted molar refractivity (Wildman–Crippen MR) is 71.2 cm³/mol. The van der Waals surface area contributed by atoms with E-state index in [1.54, 1.807) is 6.20 Å². The number of amides is 1. The lowest BCUT2D eigenvalue weighted by atomic mass is 9.73. The molecule has 0 aromatic carbocycles. The van der Waals surface area contributed by atoms with Crippen molar-refractivity contribution in [3.8, 4) is 12.3 Å². The summed E-state index contributed by atoms with van der Waals surface area (Å²) in [6.07, 6.45) is 16.4. The van der Waals surface area contributed by atoms with Crippen LogP contribution in [0.1, 0.15) is 49.0 Å². The van der Waals surface area contributed by atoms with Gasteiger partial charge in [-0.3, -0.25) is 9.78 Å². The summed E-state index contributed by atoms with van der Waals surface area (Å²) in [5.41, 5.74) is 0.258. The molecule has 0 radical (unpaired) electrons. The minimum absolute atomic E-state index is 0.00783. The van der Waals surface area contributed by atoms with Crippen molar-refractivity contribution >= 4 is 5.91 Å². The average molecular weight is 255 g/mol. The highest BCUT2D eigenvalue weighted by molar-refractivity contribution is 5.92. The zero-order valence-corrected chi connectivity index (χ0v) is 10.9. The zero-order valence-electron chi connectivity index (χ0n) is 10.9. The van der Waals surface area contributed by atoms with Crippen molar-refractivity contribution in [1.82, 2.24) is 15.3 Å². The maximum atomic E-state index is 12.2. The number of aromatic nitrogens is 2. The van der Waals surface area contributed by atoms with Crippen LogP contribution in [0.15, 0.2) is 18.6 Å². The van der Waals surface area contributed by atoms with Gasteiger partial charge in [0.05, 0.1) is 6.20 Å². The minimum Gasteiger partial charge on any atom is -0.345 e. The van der Waals surface area contributed by atoms with Crippen molar-refractivity contribution in [1.29, 1.82) is 0 Å². The van der Waals surface area contributed by atoms with Gasteiger partial charge in [0.15, 0.2) is 0 Å². The van der Waals surface area contributed by atoms with Crippen LogP contribution in [-0.2, 0) is 0 Å². The fraction of sp³-hybridized carbons (Fsp3) is 0.533. The zero-order chi connectivity index (χ0) is 13.3. The molecule has 2 saturated carbocycles. The van der Waals surface area contributed by atoms with E-state index in [1.807, 2.05) is 0 Å². The second-order valence-electron chi connectivity index (χ2n) is 5.78. The molecule has 1 aromatic heterocycles. The third kappa shape index (κ3) is 2.10. The van der Waals surface area contributed by atoms with Gasteiger partial charge in [-0.1, -0.05) is 5.92 Å². The molecule has 1 heterocycles.